The predicted octanol–water partition coefficient (Wildman–Crippen LogP) is 2.67. The van der Waals surface area contributed by atoms with Crippen molar-refractivity contribution in [2.45, 2.75) is 12.0 Å². The quantitative estimate of drug-likeness (QED) is 0.795. The minimum atomic E-state index is -0.964. The zero-order valence-corrected chi connectivity index (χ0v) is 12.3. The fourth-order valence-electron chi connectivity index (χ4n) is 3.11. The number of rotatable bonds is 5. The molecule has 1 atom stereocenters. The van der Waals surface area contributed by atoms with E-state index in [4.69, 9.17) is 0 Å². The highest BCUT2D eigenvalue weighted by atomic mass is 16.4. The standard InChI is InChI=1S/C18H20N2O2/c21-18(22)20-17(15-11-19-12-15)16(13-7-3-1-4-8-13)14-9-5-2-6-10-14/h1-10,15-17,19-20H,11-12H2,(H,21,22). The van der Waals surface area contributed by atoms with Crippen LogP contribution >= 0.6 is 0 Å². The maximum atomic E-state index is 11.3. The number of carboxylic acid groups (broad SMARTS) is 1. The molecule has 0 spiro atoms. The number of benzene rings is 2. The average Bonchev–Trinajstić information content (AvgIpc) is 2.47. The van der Waals surface area contributed by atoms with E-state index in [2.05, 4.69) is 34.9 Å². The SMILES string of the molecule is O=C(O)NC(C1CNC1)C(c1ccccc1)c1ccccc1. The van der Waals surface area contributed by atoms with Crippen LogP contribution in [0.25, 0.3) is 0 Å². The number of nitrogens with one attached hydrogen (secondary N) is 2. The van der Waals surface area contributed by atoms with Crippen LogP contribution < -0.4 is 10.6 Å². The van der Waals surface area contributed by atoms with Gasteiger partial charge in [-0.1, -0.05) is 60.7 Å². The summed E-state index contributed by atoms with van der Waals surface area (Å²) in [5.41, 5.74) is 2.28. The van der Waals surface area contributed by atoms with Crippen LogP contribution in [-0.2, 0) is 0 Å². The summed E-state index contributed by atoms with van der Waals surface area (Å²) in [4.78, 5) is 11.3. The Kier molecular flexibility index (Phi) is 4.39. The van der Waals surface area contributed by atoms with Crippen LogP contribution in [0.2, 0.25) is 0 Å². The number of hydrogen-bond acceptors (Lipinski definition) is 2. The van der Waals surface area contributed by atoms with Crippen molar-refractivity contribution < 1.29 is 9.90 Å². The van der Waals surface area contributed by atoms with Crippen molar-refractivity contribution in [2.75, 3.05) is 13.1 Å². The molecule has 114 valence electrons. The van der Waals surface area contributed by atoms with Crippen molar-refractivity contribution in [1.82, 2.24) is 10.6 Å². The molecule has 2 aromatic rings. The maximum absolute atomic E-state index is 11.3. The first-order valence-corrected chi connectivity index (χ1v) is 7.56. The summed E-state index contributed by atoms with van der Waals surface area (Å²) < 4.78 is 0. The fraction of sp³-hybridized carbons (Fsp3) is 0.278. The molecular formula is C18H20N2O2. The third-order valence-electron chi connectivity index (χ3n) is 4.29. The van der Waals surface area contributed by atoms with Crippen molar-refractivity contribution in [3.05, 3.63) is 71.8 Å². The summed E-state index contributed by atoms with van der Waals surface area (Å²) >= 11 is 0. The van der Waals surface area contributed by atoms with Gasteiger partial charge in [0.15, 0.2) is 0 Å². The van der Waals surface area contributed by atoms with Crippen LogP contribution in [0, 0.1) is 5.92 Å². The summed E-state index contributed by atoms with van der Waals surface area (Å²) in [6.07, 6.45) is -0.964. The monoisotopic (exact) mass is 296 g/mol. The number of hydrogen-bond donors (Lipinski definition) is 3. The first-order valence-electron chi connectivity index (χ1n) is 7.56. The number of carbonyl (C=O) groups is 1. The minimum Gasteiger partial charge on any atom is -0.465 e. The molecule has 4 nitrogen and oxygen atoms in total. The average molecular weight is 296 g/mol. The smallest absolute Gasteiger partial charge is 0.404 e. The van der Waals surface area contributed by atoms with Crippen LogP contribution in [0.15, 0.2) is 60.7 Å². The van der Waals surface area contributed by atoms with Gasteiger partial charge in [0.25, 0.3) is 0 Å². The van der Waals surface area contributed by atoms with Crippen LogP contribution in [0.4, 0.5) is 4.79 Å². The van der Waals surface area contributed by atoms with Gasteiger partial charge in [0.1, 0.15) is 0 Å². The molecule has 0 aromatic heterocycles. The molecule has 1 fully saturated rings. The molecule has 0 bridgehead atoms. The van der Waals surface area contributed by atoms with E-state index in [1.807, 2.05) is 36.4 Å². The van der Waals surface area contributed by atoms with Crippen molar-refractivity contribution in [2.24, 2.45) is 5.92 Å². The van der Waals surface area contributed by atoms with E-state index in [0.717, 1.165) is 24.2 Å². The van der Waals surface area contributed by atoms with Crippen molar-refractivity contribution in [3.63, 3.8) is 0 Å². The highest BCUT2D eigenvalue weighted by Crippen LogP contribution is 2.32. The van der Waals surface area contributed by atoms with Crippen LogP contribution in [0.3, 0.4) is 0 Å². The van der Waals surface area contributed by atoms with Gasteiger partial charge in [0.2, 0.25) is 0 Å². The second-order valence-electron chi connectivity index (χ2n) is 5.69. The molecule has 0 saturated carbocycles. The Morgan fingerprint density at radius 3 is 1.86 bits per heavy atom. The van der Waals surface area contributed by atoms with E-state index in [0.29, 0.717) is 5.92 Å². The molecule has 22 heavy (non-hydrogen) atoms. The first-order chi connectivity index (χ1) is 10.8. The first kappa shape index (κ1) is 14.6. The molecule has 0 aliphatic carbocycles. The zero-order valence-electron chi connectivity index (χ0n) is 12.3. The molecule has 1 aliphatic rings. The largest absolute Gasteiger partial charge is 0.465 e. The van der Waals surface area contributed by atoms with Crippen LogP contribution in [0.5, 0.6) is 0 Å². The summed E-state index contributed by atoms with van der Waals surface area (Å²) in [6, 6.07) is 20.1. The van der Waals surface area contributed by atoms with E-state index in [1.54, 1.807) is 0 Å². The second-order valence-corrected chi connectivity index (χ2v) is 5.69. The lowest BCUT2D eigenvalue weighted by atomic mass is 9.77. The summed E-state index contributed by atoms with van der Waals surface area (Å²) in [6.45, 7) is 1.70. The van der Waals surface area contributed by atoms with Gasteiger partial charge < -0.3 is 15.7 Å². The van der Waals surface area contributed by atoms with E-state index in [9.17, 15) is 9.90 Å². The Bertz CT molecular complexity index is 572. The molecule has 1 saturated heterocycles. The number of amides is 1. The fourth-order valence-corrected chi connectivity index (χ4v) is 3.11. The molecule has 3 N–H and O–H groups in total. The molecule has 2 aromatic carbocycles. The van der Waals surface area contributed by atoms with E-state index in [-0.39, 0.29) is 12.0 Å². The molecule has 1 amide bonds. The third kappa shape index (κ3) is 3.12. The minimum absolute atomic E-state index is 0.0191. The Hall–Kier alpha value is -2.33. The maximum Gasteiger partial charge on any atom is 0.404 e. The summed E-state index contributed by atoms with van der Waals surface area (Å²) in [5.74, 6) is 0.326. The van der Waals surface area contributed by atoms with Crippen LogP contribution in [0.1, 0.15) is 17.0 Å². The van der Waals surface area contributed by atoms with Gasteiger partial charge in [-0.2, -0.15) is 0 Å². The van der Waals surface area contributed by atoms with Crippen LogP contribution in [-0.4, -0.2) is 30.3 Å². The Morgan fingerprint density at radius 1 is 1.00 bits per heavy atom. The molecule has 3 rings (SSSR count). The summed E-state index contributed by atoms with van der Waals surface area (Å²) in [7, 11) is 0. The lowest BCUT2D eigenvalue weighted by Crippen LogP contribution is -2.56. The van der Waals surface area contributed by atoms with Crippen molar-refractivity contribution in [1.29, 1.82) is 0 Å². The summed E-state index contributed by atoms with van der Waals surface area (Å²) in [5, 5.41) is 15.3. The highest BCUT2D eigenvalue weighted by Gasteiger charge is 2.36. The van der Waals surface area contributed by atoms with Gasteiger partial charge in [0, 0.05) is 31.0 Å². The molecule has 1 heterocycles. The highest BCUT2D eigenvalue weighted by molar-refractivity contribution is 5.65. The van der Waals surface area contributed by atoms with E-state index in [1.165, 1.54) is 0 Å². The van der Waals surface area contributed by atoms with Gasteiger partial charge in [-0.25, -0.2) is 4.79 Å². The molecule has 1 unspecified atom stereocenters. The van der Waals surface area contributed by atoms with Gasteiger partial charge in [0.05, 0.1) is 0 Å². The van der Waals surface area contributed by atoms with Crippen molar-refractivity contribution in [3.8, 4) is 0 Å². The van der Waals surface area contributed by atoms with Gasteiger partial charge in [-0.05, 0) is 11.1 Å². The van der Waals surface area contributed by atoms with Gasteiger partial charge in [-0.3, -0.25) is 0 Å². The molecular weight excluding hydrogens is 276 g/mol. The topological polar surface area (TPSA) is 61.4 Å². The second kappa shape index (κ2) is 6.62. The predicted molar refractivity (Wildman–Crippen MR) is 86.0 cm³/mol. The lowest BCUT2D eigenvalue weighted by Gasteiger charge is -2.39. The Morgan fingerprint density at radius 2 is 1.50 bits per heavy atom. The van der Waals surface area contributed by atoms with Gasteiger partial charge in [-0.15, -0.1) is 0 Å². The normalized spacial score (nSPS) is 16.0. The van der Waals surface area contributed by atoms with E-state index >= 15 is 0 Å². The third-order valence-corrected chi connectivity index (χ3v) is 4.29. The molecule has 0 radical (unpaired) electrons. The lowest BCUT2D eigenvalue weighted by molar-refractivity contribution is 0.172. The van der Waals surface area contributed by atoms with Crippen molar-refractivity contribution >= 4 is 6.09 Å². The van der Waals surface area contributed by atoms with E-state index < -0.39 is 6.09 Å². The molecule has 1 aliphatic heterocycles. The van der Waals surface area contributed by atoms with Gasteiger partial charge >= 0.3 is 6.09 Å². The Balaban J connectivity index is 2.00. The molecule has 4 heteroatoms. The Labute approximate surface area is 130 Å². The zero-order chi connectivity index (χ0) is 15.4.